The fourth-order valence-electron chi connectivity index (χ4n) is 1.97. The number of nitrogens with one attached hydrogen (secondary N) is 1. The number of thioether (sulfide) groups is 1. The van der Waals surface area contributed by atoms with Crippen molar-refractivity contribution in [3.63, 3.8) is 0 Å². The maximum absolute atomic E-state index is 11.7. The summed E-state index contributed by atoms with van der Waals surface area (Å²) in [5.41, 5.74) is 2.45. The number of amides is 1. The van der Waals surface area contributed by atoms with Crippen molar-refractivity contribution < 1.29 is 4.79 Å². The largest absolute Gasteiger partial charge is 0.358 e. The van der Waals surface area contributed by atoms with Crippen molar-refractivity contribution >= 4 is 22.8 Å². The van der Waals surface area contributed by atoms with Crippen molar-refractivity contribution in [1.29, 1.82) is 0 Å². The third-order valence-corrected chi connectivity index (χ3v) is 4.65. The zero-order valence-corrected chi connectivity index (χ0v) is 12.6. The molecule has 0 saturated carbocycles. The van der Waals surface area contributed by atoms with E-state index in [1.807, 2.05) is 0 Å². The van der Waals surface area contributed by atoms with Crippen molar-refractivity contribution in [3.8, 4) is 0 Å². The van der Waals surface area contributed by atoms with Crippen LogP contribution in [0.1, 0.15) is 37.9 Å². The highest BCUT2D eigenvalue weighted by Gasteiger charge is 2.31. The van der Waals surface area contributed by atoms with Gasteiger partial charge < -0.3 is 5.32 Å². The Hall–Kier alpha value is -1.29. The average molecular weight is 276 g/mol. The van der Waals surface area contributed by atoms with Crippen LogP contribution in [0.25, 0.3) is 0 Å². The van der Waals surface area contributed by atoms with E-state index < -0.39 is 0 Å². The number of hydrogen-bond donors (Lipinski definition) is 1. The summed E-state index contributed by atoms with van der Waals surface area (Å²) >= 11 is 1.54. The summed E-state index contributed by atoms with van der Waals surface area (Å²) < 4.78 is 0. The van der Waals surface area contributed by atoms with E-state index in [9.17, 15) is 4.79 Å². The molecule has 19 heavy (non-hydrogen) atoms. The molecule has 1 aliphatic rings. The molecule has 1 aromatic carbocycles. The molecular formula is C15H20N2OS. The van der Waals surface area contributed by atoms with Crippen LogP contribution >= 0.6 is 11.8 Å². The maximum Gasteiger partial charge on any atom is 0.261 e. The number of benzene rings is 1. The second kappa shape index (κ2) is 5.78. The van der Waals surface area contributed by atoms with E-state index in [-0.39, 0.29) is 17.2 Å². The number of aliphatic imine (C=N–C) groups is 1. The summed E-state index contributed by atoms with van der Waals surface area (Å²) in [5.74, 6) is 0.300. The van der Waals surface area contributed by atoms with Gasteiger partial charge in [-0.25, -0.2) is 0 Å². The van der Waals surface area contributed by atoms with Crippen LogP contribution in [0.5, 0.6) is 0 Å². The highest BCUT2D eigenvalue weighted by atomic mass is 32.2. The molecule has 1 amide bonds. The van der Waals surface area contributed by atoms with Gasteiger partial charge in [-0.3, -0.25) is 4.79 Å². The van der Waals surface area contributed by atoms with E-state index in [1.165, 1.54) is 11.1 Å². The Morgan fingerprint density at radius 2 is 1.84 bits per heavy atom. The molecule has 4 heteroatoms. The van der Waals surface area contributed by atoms with Crippen LogP contribution < -0.4 is 5.32 Å². The summed E-state index contributed by atoms with van der Waals surface area (Å²) in [6.45, 7) is 8.26. The molecular weight excluding hydrogens is 256 g/mol. The summed E-state index contributed by atoms with van der Waals surface area (Å²) in [6.07, 6.45) is 0. The molecule has 0 saturated heterocycles. The predicted molar refractivity (Wildman–Crippen MR) is 81.4 cm³/mol. The molecule has 0 unspecified atom stereocenters. The lowest BCUT2D eigenvalue weighted by Crippen LogP contribution is -2.24. The van der Waals surface area contributed by atoms with E-state index >= 15 is 0 Å². The number of aryl methyl sites for hydroxylation is 1. The van der Waals surface area contributed by atoms with Gasteiger partial charge in [-0.15, -0.1) is 0 Å². The Balaban J connectivity index is 2.00. The van der Waals surface area contributed by atoms with E-state index in [0.29, 0.717) is 5.92 Å². The summed E-state index contributed by atoms with van der Waals surface area (Å²) in [5, 5.41) is 4.03. The first-order valence-corrected chi connectivity index (χ1v) is 7.47. The molecule has 1 aliphatic heterocycles. The van der Waals surface area contributed by atoms with Crippen molar-refractivity contribution in [2.24, 2.45) is 10.9 Å². The minimum absolute atomic E-state index is 0.0152. The number of carbonyl (C=O) groups is 1. The Bertz CT molecular complexity index is 493. The van der Waals surface area contributed by atoms with Crippen molar-refractivity contribution in [2.75, 3.05) is 0 Å². The molecule has 1 aromatic rings. The molecule has 0 spiro atoms. The van der Waals surface area contributed by atoms with Crippen LogP contribution in [0.15, 0.2) is 29.3 Å². The van der Waals surface area contributed by atoms with Crippen LogP contribution in [0, 0.1) is 12.8 Å². The predicted octanol–water partition coefficient (Wildman–Crippen LogP) is 3.30. The van der Waals surface area contributed by atoms with Gasteiger partial charge in [-0.1, -0.05) is 55.4 Å². The lowest BCUT2D eigenvalue weighted by Gasteiger charge is -2.16. The second-order valence-corrected chi connectivity index (χ2v) is 6.44. The van der Waals surface area contributed by atoms with Crippen LogP contribution in [-0.2, 0) is 4.79 Å². The minimum atomic E-state index is -0.0345. The molecule has 1 heterocycles. The highest BCUT2D eigenvalue weighted by molar-refractivity contribution is 8.15. The standard InChI is InChI=1S/C15H20N2OS/c1-9(2)13-14(18)17-15(19-13)16-11(4)12-7-5-10(3)6-8-12/h5-9,11,13H,1-4H3,(H,16,17,18)/t11-,13-/m0/s1. The van der Waals surface area contributed by atoms with Gasteiger partial charge in [0.25, 0.3) is 5.91 Å². The molecule has 2 atom stereocenters. The summed E-state index contributed by atoms with van der Waals surface area (Å²) in [4.78, 5) is 15.8. The lowest BCUT2D eigenvalue weighted by atomic mass is 10.1. The molecule has 0 aliphatic carbocycles. The van der Waals surface area contributed by atoms with Crippen LogP contribution in [0.4, 0.5) is 0 Å². The van der Waals surface area contributed by atoms with E-state index in [0.717, 1.165) is 5.17 Å². The molecule has 0 bridgehead atoms. The molecule has 0 aromatic heterocycles. The third kappa shape index (κ3) is 3.38. The number of rotatable bonds is 3. The fraction of sp³-hybridized carbons (Fsp3) is 0.467. The smallest absolute Gasteiger partial charge is 0.261 e. The topological polar surface area (TPSA) is 41.5 Å². The first-order valence-electron chi connectivity index (χ1n) is 6.59. The first-order chi connectivity index (χ1) is 8.97. The van der Waals surface area contributed by atoms with Gasteiger partial charge in [0.2, 0.25) is 0 Å². The van der Waals surface area contributed by atoms with Crippen molar-refractivity contribution in [3.05, 3.63) is 35.4 Å². The monoisotopic (exact) mass is 276 g/mol. The Kier molecular flexibility index (Phi) is 4.30. The first kappa shape index (κ1) is 14.1. The fourth-order valence-corrected chi connectivity index (χ4v) is 3.03. The zero-order chi connectivity index (χ0) is 14.0. The van der Waals surface area contributed by atoms with Gasteiger partial charge in [-0.05, 0) is 25.3 Å². The number of nitrogens with zero attached hydrogens (tertiary/aromatic N) is 1. The zero-order valence-electron chi connectivity index (χ0n) is 11.8. The van der Waals surface area contributed by atoms with Gasteiger partial charge in [0, 0.05) is 0 Å². The Morgan fingerprint density at radius 1 is 1.21 bits per heavy atom. The van der Waals surface area contributed by atoms with Gasteiger partial charge in [-0.2, -0.15) is 4.99 Å². The molecule has 2 rings (SSSR count). The SMILES string of the molecule is Cc1ccc([C@H](C)NC2=NC(=O)[C@H](C(C)C)S2)cc1. The molecule has 1 N–H and O–H groups in total. The maximum atomic E-state index is 11.7. The normalized spacial score (nSPS) is 20.6. The number of hydrogen-bond acceptors (Lipinski definition) is 3. The molecule has 3 nitrogen and oxygen atoms in total. The van der Waals surface area contributed by atoms with E-state index in [1.54, 1.807) is 11.8 Å². The van der Waals surface area contributed by atoms with Crippen LogP contribution in [0.3, 0.4) is 0 Å². The number of amidine groups is 1. The second-order valence-electron chi connectivity index (χ2n) is 5.31. The van der Waals surface area contributed by atoms with Gasteiger partial charge in [0.05, 0.1) is 11.3 Å². The van der Waals surface area contributed by atoms with Gasteiger partial charge in [0.15, 0.2) is 5.17 Å². The van der Waals surface area contributed by atoms with Crippen LogP contribution in [0.2, 0.25) is 0 Å². The summed E-state index contributed by atoms with van der Waals surface area (Å²) in [7, 11) is 0. The molecule has 0 fully saturated rings. The quantitative estimate of drug-likeness (QED) is 0.921. The highest BCUT2D eigenvalue weighted by Crippen LogP contribution is 2.28. The summed E-state index contributed by atoms with van der Waals surface area (Å²) in [6, 6.07) is 8.56. The van der Waals surface area contributed by atoms with E-state index in [4.69, 9.17) is 0 Å². The van der Waals surface area contributed by atoms with Gasteiger partial charge >= 0.3 is 0 Å². The van der Waals surface area contributed by atoms with Crippen molar-refractivity contribution in [1.82, 2.24) is 5.32 Å². The average Bonchev–Trinajstić information content (AvgIpc) is 2.71. The molecule has 0 radical (unpaired) electrons. The van der Waals surface area contributed by atoms with Crippen molar-refractivity contribution in [2.45, 2.75) is 39.0 Å². The Labute approximate surface area is 118 Å². The minimum Gasteiger partial charge on any atom is -0.358 e. The Morgan fingerprint density at radius 3 is 2.37 bits per heavy atom. The van der Waals surface area contributed by atoms with E-state index in [2.05, 4.69) is 62.3 Å². The molecule has 102 valence electrons. The lowest BCUT2D eigenvalue weighted by molar-refractivity contribution is -0.117. The number of carbonyl (C=O) groups excluding carboxylic acids is 1. The van der Waals surface area contributed by atoms with Crippen LogP contribution in [-0.4, -0.2) is 16.3 Å². The van der Waals surface area contributed by atoms with Gasteiger partial charge in [0.1, 0.15) is 0 Å². The third-order valence-electron chi connectivity index (χ3n) is 3.22.